The summed E-state index contributed by atoms with van der Waals surface area (Å²) in [7, 11) is 0. The van der Waals surface area contributed by atoms with Gasteiger partial charge < -0.3 is 19.6 Å². The Balaban J connectivity index is 1.55. The van der Waals surface area contributed by atoms with E-state index in [1.54, 1.807) is 48.5 Å². The van der Waals surface area contributed by atoms with Gasteiger partial charge in [-0.3, -0.25) is 4.79 Å². The van der Waals surface area contributed by atoms with Crippen molar-refractivity contribution in [3.63, 3.8) is 0 Å². The number of benzene rings is 3. The first-order chi connectivity index (χ1) is 14.6. The Bertz CT molecular complexity index is 997. The molecule has 0 radical (unpaired) electrons. The van der Waals surface area contributed by atoms with Gasteiger partial charge in [0.15, 0.2) is 12.4 Å². The standard InChI is InChI=1S/C22H18F2N2O4/c23-22(24)30-19-12-6-4-8-16(19)14-25-28-15-21(27)26-18-11-5-7-13-20(18)29-17-9-2-1-3-10-17/h1-14,22H,15H2,(H,26,27)/b25-14-. The van der Waals surface area contributed by atoms with Crippen LogP contribution in [0.15, 0.2) is 84.0 Å². The van der Waals surface area contributed by atoms with Crippen molar-refractivity contribution in [3.05, 3.63) is 84.4 Å². The van der Waals surface area contributed by atoms with Crippen LogP contribution in [0.25, 0.3) is 0 Å². The van der Waals surface area contributed by atoms with Crippen molar-refractivity contribution >= 4 is 17.8 Å². The largest absolute Gasteiger partial charge is 0.455 e. The van der Waals surface area contributed by atoms with Gasteiger partial charge in [-0.1, -0.05) is 47.6 Å². The van der Waals surface area contributed by atoms with E-state index in [-0.39, 0.29) is 12.4 Å². The smallest absolute Gasteiger partial charge is 0.387 e. The molecule has 154 valence electrons. The quantitative estimate of drug-likeness (QED) is 0.394. The lowest BCUT2D eigenvalue weighted by atomic mass is 10.2. The number of alkyl halides is 2. The first-order valence-corrected chi connectivity index (χ1v) is 8.93. The number of nitrogens with zero attached hydrogens (tertiary/aromatic N) is 1. The molecule has 1 N–H and O–H groups in total. The average molecular weight is 412 g/mol. The number of halogens is 2. The Morgan fingerprint density at radius 1 is 0.933 bits per heavy atom. The summed E-state index contributed by atoms with van der Waals surface area (Å²) in [5.74, 6) is 0.591. The maximum atomic E-state index is 12.4. The van der Waals surface area contributed by atoms with Gasteiger partial charge in [-0.15, -0.1) is 0 Å². The van der Waals surface area contributed by atoms with Gasteiger partial charge in [0.1, 0.15) is 11.5 Å². The summed E-state index contributed by atoms with van der Waals surface area (Å²) in [5.41, 5.74) is 0.759. The van der Waals surface area contributed by atoms with Crippen molar-refractivity contribution in [1.82, 2.24) is 0 Å². The van der Waals surface area contributed by atoms with Gasteiger partial charge in [-0.05, 0) is 36.4 Å². The summed E-state index contributed by atoms with van der Waals surface area (Å²) in [5, 5.41) is 6.32. The van der Waals surface area contributed by atoms with Crippen LogP contribution in [0.1, 0.15) is 5.56 Å². The number of carbonyl (C=O) groups is 1. The highest BCUT2D eigenvalue weighted by Crippen LogP contribution is 2.29. The van der Waals surface area contributed by atoms with Gasteiger partial charge in [-0.25, -0.2) is 0 Å². The number of para-hydroxylation sites is 4. The molecule has 0 atom stereocenters. The van der Waals surface area contributed by atoms with E-state index in [0.29, 0.717) is 22.7 Å². The molecule has 0 aliphatic heterocycles. The molecule has 0 fully saturated rings. The second kappa shape index (κ2) is 10.6. The zero-order valence-electron chi connectivity index (χ0n) is 15.7. The van der Waals surface area contributed by atoms with E-state index in [0.717, 1.165) is 0 Å². The number of hydrogen-bond acceptors (Lipinski definition) is 5. The lowest BCUT2D eigenvalue weighted by Crippen LogP contribution is -2.17. The molecule has 0 heterocycles. The van der Waals surface area contributed by atoms with E-state index in [1.165, 1.54) is 18.3 Å². The molecule has 0 saturated carbocycles. The molecule has 3 aromatic rings. The normalized spacial score (nSPS) is 10.8. The molecule has 0 unspecified atom stereocenters. The van der Waals surface area contributed by atoms with Crippen LogP contribution in [0.3, 0.4) is 0 Å². The molecule has 0 aliphatic carbocycles. The van der Waals surface area contributed by atoms with Crippen molar-refractivity contribution in [2.75, 3.05) is 11.9 Å². The first-order valence-electron chi connectivity index (χ1n) is 8.93. The minimum absolute atomic E-state index is 0.0451. The van der Waals surface area contributed by atoms with E-state index in [2.05, 4.69) is 15.2 Å². The summed E-state index contributed by atoms with van der Waals surface area (Å²) in [6.45, 7) is -3.34. The zero-order valence-corrected chi connectivity index (χ0v) is 15.7. The highest BCUT2D eigenvalue weighted by Gasteiger charge is 2.10. The predicted molar refractivity (Wildman–Crippen MR) is 108 cm³/mol. The van der Waals surface area contributed by atoms with Crippen LogP contribution in [0, 0.1) is 0 Å². The molecule has 0 saturated heterocycles. The predicted octanol–water partition coefficient (Wildman–Crippen LogP) is 5.07. The molecule has 0 spiro atoms. The lowest BCUT2D eigenvalue weighted by Gasteiger charge is -2.11. The van der Waals surface area contributed by atoms with Crippen LogP contribution in [-0.2, 0) is 9.63 Å². The molecular weight excluding hydrogens is 394 g/mol. The Morgan fingerprint density at radius 3 is 2.37 bits per heavy atom. The molecule has 3 rings (SSSR count). The summed E-state index contributed by atoms with van der Waals surface area (Å²) in [6.07, 6.45) is 1.19. The van der Waals surface area contributed by atoms with E-state index in [9.17, 15) is 13.6 Å². The summed E-state index contributed by atoms with van der Waals surface area (Å²) in [4.78, 5) is 17.1. The Kier molecular flexibility index (Phi) is 7.32. The molecular formula is C22H18F2N2O4. The van der Waals surface area contributed by atoms with Gasteiger partial charge in [-0.2, -0.15) is 8.78 Å². The third kappa shape index (κ3) is 6.30. The van der Waals surface area contributed by atoms with Gasteiger partial charge in [0.2, 0.25) is 0 Å². The van der Waals surface area contributed by atoms with Gasteiger partial charge in [0.05, 0.1) is 11.9 Å². The molecule has 0 aromatic heterocycles. The van der Waals surface area contributed by atoms with Crippen LogP contribution in [0.4, 0.5) is 14.5 Å². The number of carbonyl (C=O) groups excluding carboxylic acids is 1. The number of amides is 1. The van der Waals surface area contributed by atoms with E-state index in [4.69, 9.17) is 9.57 Å². The van der Waals surface area contributed by atoms with Gasteiger partial charge in [0, 0.05) is 5.56 Å². The number of rotatable bonds is 9. The first kappa shape index (κ1) is 20.8. The topological polar surface area (TPSA) is 69.2 Å². The number of hydrogen-bond donors (Lipinski definition) is 1. The van der Waals surface area contributed by atoms with Crippen LogP contribution in [0.5, 0.6) is 17.2 Å². The Hall–Kier alpha value is -3.94. The fourth-order valence-electron chi connectivity index (χ4n) is 2.44. The van der Waals surface area contributed by atoms with E-state index >= 15 is 0 Å². The molecule has 30 heavy (non-hydrogen) atoms. The van der Waals surface area contributed by atoms with E-state index in [1.807, 2.05) is 18.2 Å². The molecule has 8 heteroatoms. The monoisotopic (exact) mass is 412 g/mol. The average Bonchev–Trinajstić information content (AvgIpc) is 2.74. The second-order valence-corrected chi connectivity index (χ2v) is 5.88. The second-order valence-electron chi connectivity index (χ2n) is 5.88. The highest BCUT2D eigenvalue weighted by molar-refractivity contribution is 5.93. The third-order valence-corrected chi connectivity index (χ3v) is 3.73. The zero-order chi connectivity index (χ0) is 21.2. The summed E-state index contributed by atoms with van der Waals surface area (Å²) >= 11 is 0. The molecule has 6 nitrogen and oxygen atoms in total. The number of anilines is 1. The van der Waals surface area contributed by atoms with Crippen molar-refractivity contribution in [2.24, 2.45) is 5.16 Å². The Labute approximate surface area is 171 Å². The van der Waals surface area contributed by atoms with Crippen molar-refractivity contribution < 1.29 is 27.9 Å². The number of ether oxygens (including phenoxy) is 2. The molecule has 3 aromatic carbocycles. The summed E-state index contributed by atoms with van der Waals surface area (Å²) < 4.78 is 35.0. The molecule has 0 bridgehead atoms. The molecule has 0 aliphatic rings. The van der Waals surface area contributed by atoms with Gasteiger partial charge in [0.25, 0.3) is 5.91 Å². The van der Waals surface area contributed by atoms with Crippen molar-refractivity contribution in [1.29, 1.82) is 0 Å². The van der Waals surface area contributed by atoms with Crippen molar-refractivity contribution in [3.8, 4) is 17.2 Å². The Morgan fingerprint density at radius 2 is 1.60 bits per heavy atom. The maximum Gasteiger partial charge on any atom is 0.387 e. The number of oxime groups is 1. The maximum absolute atomic E-state index is 12.4. The number of nitrogens with one attached hydrogen (secondary N) is 1. The van der Waals surface area contributed by atoms with Gasteiger partial charge >= 0.3 is 6.61 Å². The van der Waals surface area contributed by atoms with Crippen molar-refractivity contribution in [2.45, 2.75) is 6.61 Å². The fourth-order valence-corrected chi connectivity index (χ4v) is 2.44. The van der Waals surface area contributed by atoms with Crippen LogP contribution >= 0.6 is 0 Å². The van der Waals surface area contributed by atoms with Crippen LogP contribution < -0.4 is 14.8 Å². The van der Waals surface area contributed by atoms with Crippen LogP contribution in [0.2, 0.25) is 0 Å². The minimum Gasteiger partial charge on any atom is -0.455 e. The summed E-state index contributed by atoms with van der Waals surface area (Å²) in [6, 6.07) is 22.2. The van der Waals surface area contributed by atoms with E-state index < -0.39 is 12.5 Å². The third-order valence-electron chi connectivity index (χ3n) is 3.73. The molecule has 1 amide bonds. The highest BCUT2D eigenvalue weighted by atomic mass is 19.3. The lowest BCUT2D eigenvalue weighted by molar-refractivity contribution is -0.120. The minimum atomic E-state index is -2.95. The van der Waals surface area contributed by atoms with Crippen LogP contribution in [-0.4, -0.2) is 25.3 Å². The SMILES string of the molecule is O=C(CO/N=C\c1ccccc1OC(F)F)Nc1ccccc1Oc1ccccc1. The fraction of sp³-hybridized carbons (Fsp3) is 0.0909.